The van der Waals surface area contributed by atoms with Crippen LogP contribution in [-0.4, -0.2) is 109 Å². The Labute approximate surface area is 333 Å². The number of morpholine rings is 1. The highest BCUT2D eigenvalue weighted by atomic mass is 19.1. The van der Waals surface area contributed by atoms with Crippen molar-refractivity contribution in [1.82, 2.24) is 25.1 Å². The van der Waals surface area contributed by atoms with E-state index in [0.29, 0.717) is 55.8 Å². The summed E-state index contributed by atoms with van der Waals surface area (Å²) in [4.78, 5) is 52.7. The van der Waals surface area contributed by atoms with E-state index in [1.165, 1.54) is 12.3 Å². The second-order valence-electron chi connectivity index (χ2n) is 16.5. The molecule has 12 nitrogen and oxygen atoms in total. The SMILES string of the molecule is O=C1CCC(Nc2ccc(C3CCN(CC4CCC(C(=O)N5CCC(Nc6ncc(F)c(-c7cccc(N8CCOCC8)c7)n6)CC5)CC4)CC3)c(F)c2)C(=O)N1. The van der Waals surface area contributed by atoms with Gasteiger partial charge in [0.15, 0.2) is 5.82 Å². The van der Waals surface area contributed by atoms with E-state index in [4.69, 9.17) is 4.74 Å². The molecule has 4 saturated heterocycles. The van der Waals surface area contributed by atoms with E-state index in [2.05, 4.69) is 35.7 Å². The number of hydrogen-bond donors (Lipinski definition) is 3. The van der Waals surface area contributed by atoms with Crippen molar-refractivity contribution >= 4 is 35.0 Å². The van der Waals surface area contributed by atoms with E-state index in [1.54, 1.807) is 0 Å². The van der Waals surface area contributed by atoms with Crippen molar-refractivity contribution < 1.29 is 27.9 Å². The van der Waals surface area contributed by atoms with Crippen LogP contribution in [0.25, 0.3) is 11.3 Å². The quantitative estimate of drug-likeness (QED) is 0.225. The Morgan fingerprint density at radius 3 is 2.35 bits per heavy atom. The second-order valence-corrected chi connectivity index (χ2v) is 16.5. The number of aromatic nitrogens is 2. The summed E-state index contributed by atoms with van der Waals surface area (Å²) in [6.45, 7) is 7.18. The van der Waals surface area contributed by atoms with Gasteiger partial charge >= 0.3 is 0 Å². The van der Waals surface area contributed by atoms with Gasteiger partial charge in [-0.05, 0) is 113 Å². The summed E-state index contributed by atoms with van der Waals surface area (Å²) in [5.41, 5.74) is 3.28. The van der Waals surface area contributed by atoms with Crippen LogP contribution in [0.2, 0.25) is 0 Å². The number of ether oxygens (including phenoxy) is 1. The standard InChI is InChI=1S/C43H54F2N8O4/c44-36-25-33(47-38-10-11-39(54)49-41(38)55)8-9-35(36)29-12-16-51(17-13-29)27-28-4-6-30(7-5-28)42(56)53-18-14-32(15-19-53)48-43-46-26-37(45)40(50-43)31-2-1-3-34(24-31)52-20-22-57-23-21-52/h1-3,8-9,24-26,28-30,32,38,47H,4-7,10-23,27H2,(H,46,48,50)(H,49,54,55). The summed E-state index contributed by atoms with van der Waals surface area (Å²) < 4.78 is 35.7. The molecule has 1 aromatic heterocycles. The minimum absolute atomic E-state index is 0.0723. The van der Waals surface area contributed by atoms with Crippen molar-refractivity contribution in [3.8, 4) is 11.3 Å². The molecule has 1 atom stereocenters. The molecule has 3 amide bonds. The van der Waals surface area contributed by atoms with E-state index >= 15 is 4.39 Å². The lowest BCUT2D eigenvalue weighted by atomic mass is 9.80. The van der Waals surface area contributed by atoms with Crippen molar-refractivity contribution in [3.05, 3.63) is 65.9 Å². The van der Waals surface area contributed by atoms with Crippen LogP contribution in [0, 0.1) is 23.5 Å². The largest absolute Gasteiger partial charge is 0.378 e. The lowest BCUT2D eigenvalue weighted by Crippen LogP contribution is -2.47. The molecule has 3 aromatic rings. The Morgan fingerprint density at radius 2 is 1.61 bits per heavy atom. The first-order valence-corrected chi connectivity index (χ1v) is 20.9. The summed E-state index contributed by atoms with van der Waals surface area (Å²) in [6, 6.07) is 12.5. The Balaban J connectivity index is 0.751. The normalized spacial score (nSPS) is 24.3. The summed E-state index contributed by atoms with van der Waals surface area (Å²) in [5.74, 6) is 0.106. The first-order valence-electron chi connectivity index (χ1n) is 20.9. The van der Waals surface area contributed by atoms with Gasteiger partial charge in [0.05, 0.1) is 19.4 Å². The fourth-order valence-corrected chi connectivity index (χ4v) is 9.36. The third-order valence-corrected chi connectivity index (χ3v) is 12.7. The van der Waals surface area contributed by atoms with Crippen LogP contribution in [0.5, 0.6) is 0 Å². The first-order chi connectivity index (χ1) is 27.8. The van der Waals surface area contributed by atoms with Gasteiger partial charge in [-0.25, -0.2) is 18.7 Å². The van der Waals surface area contributed by atoms with Crippen molar-refractivity contribution in [2.45, 2.75) is 82.2 Å². The Bertz CT molecular complexity index is 1900. The van der Waals surface area contributed by atoms with Gasteiger partial charge in [-0.2, -0.15) is 0 Å². The van der Waals surface area contributed by atoms with Crippen LogP contribution in [0.15, 0.2) is 48.7 Å². The van der Waals surface area contributed by atoms with Crippen LogP contribution in [0.1, 0.15) is 75.7 Å². The maximum absolute atomic E-state index is 15.2. The molecule has 5 heterocycles. The number of halogens is 2. The molecule has 1 aliphatic carbocycles. The molecule has 304 valence electrons. The zero-order chi connectivity index (χ0) is 39.3. The van der Waals surface area contributed by atoms with Crippen molar-refractivity contribution in [1.29, 1.82) is 0 Å². The van der Waals surface area contributed by atoms with Gasteiger partial charge in [-0.3, -0.25) is 19.7 Å². The molecule has 5 aliphatic rings. The molecule has 1 saturated carbocycles. The number of carbonyl (C=O) groups excluding carboxylic acids is 3. The molecular formula is C43H54F2N8O4. The number of carbonyl (C=O) groups is 3. The van der Waals surface area contributed by atoms with Gasteiger partial charge in [-0.1, -0.05) is 18.2 Å². The maximum Gasteiger partial charge on any atom is 0.249 e. The average Bonchev–Trinajstić information content (AvgIpc) is 3.24. The lowest BCUT2D eigenvalue weighted by molar-refractivity contribution is -0.138. The van der Waals surface area contributed by atoms with E-state index in [-0.39, 0.29) is 53.5 Å². The number of benzene rings is 2. The number of piperidine rings is 3. The van der Waals surface area contributed by atoms with Crippen LogP contribution in [0.3, 0.4) is 0 Å². The Morgan fingerprint density at radius 1 is 0.842 bits per heavy atom. The molecule has 0 radical (unpaired) electrons. The minimum Gasteiger partial charge on any atom is -0.378 e. The zero-order valence-electron chi connectivity index (χ0n) is 32.6. The molecule has 4 aliphatic heterocycles. The summed E-state index contributed by atoms with van der Waals surface area (Å²) in [7, 11) is 0. The molecule has 14 heteroatoms. The third-order valence-electron chi connectivity index (χ3n) is 12.7. The van der Waals surface area contributed by atoms with E-state index in [1.807, 2.05) is 41.3 Å². The summed E-state index contributed by atoms with van der Waals surface area (Å²) in [5, 5.41) is 8.81. The molecule has 0 spiro atoms. The zero-order valence-corrected chi connectivity index (χ0v) is 32.6. The van der Waals surface area contributed by atoms with Crippen LogP contribution in [0.4, 0.5) is 26.1 Å². The monoisotopic (exact) mass is 784 g/mol. The highest BCUT2D eigenvalue weighted by Gasteiger charge is 2.33. The molecule has 0 bridgehead atoms. The number of amides is 3. The maximum atomic E-state index is 15.2. The number of likely N-dealkylation sites (tertiary alicyclic amines) is 2. The topological polar surface area (TPSA) is 132 Å². The van der Waals surface area contributed by atoms with E-state index in [0.717, 1.165) is 95.3 Å². The Hall–Kier alpha value is -4.69. The van der Waals surface area contributed by atoms with E-state index in [9.17, 15) is 18.8 Å². The molecule has 57 heavy (non-hydrogen) atoms. The first kappa shape index (κ1) is 39.2. The van der Waals surface area contributed by atoms with Crippen molar-refractivity contribution in [2.75, 3.05) is 74.6 Å². The number of imide groups is 1. The highest BCUT2D eigenvalue weighted by Crippen LogP contribution is 2.35. The van der Waals surface area contributed by atoms with Crippen LogP contribution in [-0.2, 0) is 19.1 Å². The van der Waals surface area contributed by atoms with Gasteiger partial charge in [-0.15, -0.1) is 0 Å². The highest BCUT2D eigenvalue weighted by molar-refractivity contribution is 6.01. The van der Waals surface area contributed by atoms with Gasteiger partial charge in [0.1, 0.15) is 17.6 Å². The van der Waals surface area contributed by atoms with Crippen LogP contribution >= 0.6 is 0 Å². The Kier molecular flexibility index (Phi) is 12.3. The van der Waals surface area contributed by atoms with Gasteiger partial charge in [0.25, 0.3) is 0 Å². The second kappa shape index (κ2) is 17.8. The number of hydrogen-bond acceptors (Lipinski definition) is 10. The number of nitrogens with one attached hydrogen (secondary N) is 3. The predicted octanol–water partition coefficient (Wildman–Crippen LogP) is 5.56. The number of rotatable bonds is 10. The van der Waals surface area contributed by atoms with E-state index < -0.39 is 11.9 Å². The lowest BCUT2D eigenvalue weighted by Gasteiger charge is -2.38. The van der Waals surface area contributed by atoms with Gasteiger partial charge in [0, 0.05) is 68.0 Å². The number of nitrogens with zero attached hydrogens (tertiary/aromatic N) is 5. The minimum atomic E-state index is -0.540. The molecular weight excluding hydrogens is 731 g/mol. The molecule has 8 rings (SSSR count). The summed E-state index contributed by atoms with van der Waals surface area (Å²) >= 11 is 0. The van der Waals surface area contributed by atoms with Crippen LogP contribution < -0.4 is 20.9 Å². The fraction of sp³-hybridized carbons (Fsp3) is 0.558. The molecule has 2 aromatic carbocycles. The van der Waals surface area contributed by atoms with Gasteiger partial charge in [0.2, 0.25) is 23.7 Å². The molecule has 1 unspecified atom stereocenters. The molecule has 3 N–H and O–H groups in total. The third kappa shape index (κ3) is 9.55. The fourth-order valence-electron chi connectivity index (χ4n) is 9.36. The average molecular weight is 785 g/mol. The van der Waals surface area contributed by atoms with Crippen molar-refractivity contribution in [2.24, 2.45) is 11.8 Å². The van der Waals surface area contributed by atoms with Gasteiger partial charge < -0.3 is 30.1 Å². The molecule has 5 fully saturated rings. The predicted molar refractivity (Wildman–Crippen MR) is 214 cm³/mol. The van der Waals surface area contributed by atoms with Crippen molar-refractivity contribution in [3.63, 3.8) is 0 Å². The summed E-state index contributed by atoms with van der Waals surface area (Å²) in [6.07, 6.45) is 9.19. The smallest absolute Gasteiger partial charge is 0.249 e. The number of anilines is 3.